The number of nitrogens with one attached hydrogen (secondary N) is 1. The molecule has 0 bridgehead atoms. The molecule has 25 heavy (non-hydrogen) atoms. The van der Waals surface area contributed by atoms with Crippen LogP contribution < -0.4 is 5.32 Å². The van der Waals surface area contributed by atoms with Gasteiger partial charge in [0.05, 0.1) is 6.42 Å². The maximum Gasteiger partial charge on any atom is 0.334 e. The van der Waals surface area contributed by atoms with Crippen molar-refractivity contribution in [3.63, 3.8) is 0 Å². The van der Waals surface area contributed by atoms with Crippen LogP contribution in [0.2, 0.25) is 0 Å². The predicted octanol–water partition coefficient (Wildman–Crippen LogP) is 2.31. The number of nitrogens with zero attached hydrogens (tertiary/aromatic N) is 2. The lowest BCUT2D eigenvalue weighted by Gasteiger charge is -2.13. The van der Waals surface area contributed by atoms with E-state index in [1.54, 1.807) is 27.8 Å². The van der Waals surface area contributed by atoms with Crippen LogP contribution in [0, 0.1) is 0 Å². The summed E-state index contributed by atoms with van der Waals surface area (Å²) >= 11 is 0. The van der Waals surface area contributed by atoms with Crippen LogP contribution in [0.3, 0.4) is 0 Å². The fourth-order valence-electron chi connectivity index (χ4n) is 1.90. The highest BCUT2D eigenvalue weighted by atomic mass is 33.1. The van der Waals surface area contributed by atoms with Crippen molar-refractivity contribution in [1.82, 2.24) is 15.4 Å². The molecule has 2 amide bonds. The van der Waals surface area contributed by atoms with Gasteiger partial charge in [-0.25, -0.2) is 9.78 Å². The van der Waals surface area contributed by atoms with Gasteiger partial charge in [-0.3, -0.25) is 9.59 Å². The lowest BCUT2D eigenvalue weighted by atomic mass is 10.3. The molecule has 0 aromatic carbocycles. The highest BCUT2D eigenvalue weighted by Gasteiger charge is 2.32. The van der Waals surface area contributed by atoms with E-state index in [9.17, 15) is 14.4 Å². The minimum Gasteiger partial charge on any atom is -0.388 e. The summed E-state index contributed by atoms with van der Waals surface area (Å²) in [5.41, 5.74) is 0.815. The van der Waals surface area contributed by atoms with Crippen LogP contribution in [-0.2, 0) is 19.2 Å². The molecule has 0 radical (unpaired) electrons. The van der Waals surface area contributed by atoms with Crippen molar-refractivity contribution < 1.29 is 19.2 Å². The smallest absolute Gasteiger partial charge is 0.334 e. The van der Waals surface area contributed by atoms with E-state index in [0.717, 1.165) is 22.9 Å². The Bertz CT molecular complexity index is 624. The van der Waals surface area contributed by atoms with Crippen molar-refractivity contribution in [3.05, 3.63) is 36.7 Å². The Morgan fingerprint density at radius 1 is 1.28 bits per heavy atom. The largest absolute Gasteiger partial charge is 0.388 e. The average Bonchev–Trinajstić information content (AvgIpc) is 2.91. The van der Waals surface area contributed by atoms with E-state index >= 15 is 0 Å². The molecule has 0 spiro atoms. The van der Waals surface area contributed by atoms with E-state index in [-0.39, 0.29) is 19.3 Å². The Morgan fingerprint density at radius 3 is 2.72 bits per heavy atom. The molecule has 9 heteroatoms. The average molecular weight is 381 g/mol. The van der Waals surface area contributed by atoms with Gasteiger partial charge in [0.25, 0.3) is 11.8 Å². The van der Waals surface area contributed by atoms with Gasteiger partial charge in [-0.05, 0) is 29.3 Å². The van der Waals surface area contributed by atoms with Crippen LogP contribution in [0.5, 0.6) is 0 Å². The lowest BCUT2D eigenvalue weighted by Crippen LogP contribution is -2.33. The number of carbonyl (C=O) groups is 3. The Morgan fingerprint density at radius 2 is 2.04 bits per heavy atom. The molecule has 1 saturated heterocycles. The van der Waals surface area contributed by atoms with Crippen molar-refractivity contribution in [1.29, 1.82) is 0 Å². The first-order chi connectivity index (χ1) is 12.1. The van der Waals surface area contributed by atoms with Crippen molar-refractivity contribution in [3.8, 4) is 0 Å². The zero-order chi connectivity index (χ0) is 18.1. The third-order valence-corrected chi connectivity index (χ3v) is 5.44. The van der Waals surface area contributed by atoms with Crippen LogP contribution in [-0.4, -0.2) is 40.1 Å². The third kappa shape index (κ3) is 6.79. The van der Waals surface area contributed by atoms with Gasteiger partial charge in [-0.15, -0.1) is 5.06 Å². The topological polar surface area (TPSA) is 88.6 Å². The van der Waals surface area contributed by atoms with Gasteiger partial charge in [-0.1, -0.05) is 23.4 Å². The number of rotatable bonds is 10. The van der Waals surface area contributed by atoms with Gasteiger partial charge in [-0.2, -0.15) is 0 Å². The summed E-state index contributed by atoms with van der Waals surface area (Å²) in [6, 6.07) is 5.77. The minimum atomic E-state index is -0.621. The number of hydroxylamine groups is 2. The zero-order valence-electron chi connectivity index (χ0n) is 13.6. The summed E-state index contributed by atoms with van der Waals surface area (Å²) in [6.07, 6.45) is 2.74. The molecule has 1 fully saturated rings. The standard InChI is InChI=1S/C16H19N3O4S2/c1-12(8-11-24-25-13-4-2-3-9-18-13)17-10-7-16(22)23-19-14(20)5-6-15(19)21/h2-4,9,17H,1,5-8,10-11H2. The number of amides is 2. The molecule has 1 aliphatic heterocycles. The van der Waals surface area contributed by atoms with Crippen molar-refractivity contribution in [2.75, 3.05) is 12.3 Å². The van der Waals surface area contributed by atoms with Crippen molar-refractivity contribution >= 4 is 39.4 Å². The third-order valence-electron chi connectivity index (χ3n) is 3.17. The first-order valence-electron chi connectivity index (χ1n) is 7.75. The fraction of sp³-hybridized carbons (Fsp3) is 0.375. The Kier molecular flexibility index (Phi) is 7.80. The van der Waals surface area contributed by atoms with Crippen molar-refractivity contribution in [2.24, 2.45) is 0 Å². The minimum absolute atomic E-state index is 0.0475. The quantitative estimate of drug-likeness (QED) is 0.375. The molecule has 2 rings (SSSR count). The number of pyridine rings is 1. The summed E-state index contributed by atoms with van der Waals surface area (Å²) in [6.45, 7) is 4.24. The van der Waals surface area contributed by atoms with Gasteiger partial charge in [0.2, 0.25) is 0 Å². The number of aromatic nitrogens is 1. The predicted molar refractivity (Wildman–Crippen MR) is 96.1 cm³/mol. The summed E-state index contributed by atoms with van der Waals surface area (Å²) in [5, 5.41) is 4.55. The second-order valence-electron chi connectivity index (χ2n) is 5.15. The van der Waals surface area contributed by atoms with E-state index < -0.39 is 17.8 Å². The monoisotopic (exact) mass is 381 g/mol. The number of carbonyl (C=O) groups excluding carboxylic acids is 3. The molecule has 1 aromatic rings. The van der Waals surface area contributed by atoms with Crippen molar-refractivity contribution in [2.45, 2.75) is 30.7 Å². The van der Waals surface area contributed by atoms with Gasteiger partial charge in [0.1, 0.15) is 5.03 Å². The summed E-state index contributed by atoms with van der Waals surface area (Å²) in [5.74, 6) is -0.714. The fourth-order valence-corrected chi connectivity index (χ4v) is 3.83. The van der Waals surface area contributed by atoms with Gasteiger partial charge in [0, 0.05) is 37.0 Å². The normalized spacial score (nSPS) is 13.8. The molecule has 1 N–H and O–H groups in total. The first kappa shape index (κ1) is 19.3. The van der Waals surface area contributed by atoms with E-state index in [2.05, 4.69) is 16.9 Å². The Hall–Kier alpha value is -2.00. The Balaban J connectivity index is 1.53. The van der Waals surface area contributed by atoms with Crippen LogP contribution in [0.15, 0.2) is 41.7 Å². The van der Waals surface area contributed by atoms with E-state index in [1.165, 1.54) is 0 Å². The van der Waals surface area contributed by atoms with Gasteiger partial charge < -0.3 is 10.2 Å². The SMILES string of the molecule is C=C(CCSSc1ccccn1)NCCC(=O)ON1C(=O)CCC1=O. The maximum atomic E-state index is 11.6. The molecule has 1 aromatic heterocycles. The second kappa shape index (κ2) is 10.1. The van der Waals surface area contributed by atoms with E-state index in [4.69, 9.17) is 4.84 Å². The summed E-state index contributed by atoms with van der Waals surface area (Å²) in [4.78, 5) is 43.3. The second-order valence-corrected chi connectivity index (χ2v) is 7.58. The lowest BCUT2D eigenvalue weighted by molar-refractivity contribution is -0.197. The number of hydrogen-bond donors (Lipinski definition) is 1. The molecule has 0 unspecified atom stereocenters. The van der Waals surface area contributed by atoms with E-state index in [0.29, 0.717) is 11.6 Å². The molecular weight excluding hydrogens is 362 g/mol. The molecule has 0 atom stereocenters. The number of hydrogen-bond acceptors (Lipinski definition) is 8. The highest BCUT2D eigenvalue weighted by molar-refractivity contribution is 8.76. The number of imide groups is 1. The molecule has 1 aliphatic rings. The van der Waals surface area contributed by atoms with E-state index in [1.807, 2.05) is 18.2 Å². The summed E-state index contributed by atoms with van der Waals surface area (Å²) in [7, 11) is 3.28. The van der Waals surface area contributed by atoms with Crippen LogP contribution in [0.25, 0.3) is 0 Å². The molecular formula is C16H19N3O4S2. The van der Waals surface area contributed by atoms with Gasteiger partial charge in [0.15, 0.2) is 0 Å². The number of allylic oxidation sites excluding steroid dienone is 1. The van der Waals surface area contributed by atoms with Crippen LogP contribution in [0.4, 0.5) is 0 Å². The van der Waals surface area contributed by atoms with Gasteiger partial charge >= 0.3 is 5.97 Å². The molecule has 7 nitrogen and oxygen atoms in total. The Labute approximate surface area is 153 Å². The summed E-state index contributed by atoms with van der Waals surface area (Å²) < 4.78 is 0. The van der Waals surface area contributed by atoms with Crippen LogP contribution in [0.1, 0.15) is 25.7 Å². The maximum absolute atomic E-state index is 11.6. The van der Waals surface area contributed by atoms with Crippen LogP contribution >= 0.6 is 21.6 Å². The first-order valence-corrected chi connectivity index (χ1v) is 10.1. The molecule has 0 saturated carbocycles. The molecule has 2 heterocycles. The highest BCUT2D eigenvalue weighted by Crippen LogP contribution is 2.29. The zero-order valence-corrected chi connectivity index (χ0v) is 15.2. The molecule has 134 valence electrons. The molecule has 0 aliphatic carbocycles.